The fourth-order valence-corrected chi connectivity index (χ4v) is 3.46. The molecule has 0 bridgehead atoms. The van der Waals surface area contributed by atoms with Crippen LogP contribution in [0.15, 0.2) is 36.4 Å². The molecule has 2 aromatic rings. The SMILES string of the molecule is COc1cc(CNC2CCCC2)cc(Cl)c1OCc1ccccc1F.[Cl-]. The van der Waals surface area contributed by atoms with Gasteiger partial charge in [0.15, 0.2) is 11.5 Å². The molecule has 3 nitrogen and oxygen atoms in total. The average Bonchev–Trinajstić information content (AvgIpc) is 3.13. The predicted molar refractivity (Wildman–Crippen MR) is 97.8 cm³/mol. The van der Waals surface area contributed by atoms with Gasteiger partial charge in [0, 0.05) is 18.2 Å². The van der Waals surface area contributed by atoms with Crippen molar-refractivity contribution in [3.05, 3.63) is 58.4 Å². The fraction of sp³-hybridized carbons (Fsp3) is 0.400. The van der Waals surface area contributed by atoms with Gasteiger partial charge in [-0.05, 0) is 36.6 Å². The first-order chi connectivity index (χ1) is 12.2. The molecule has 0 atom stereocenters. The third-order valence-corrected chi connectivity index (χ3v) is 4.85. The van der Waals surface area contributed by atoms with Crippen molar-refractivity contribution in [3.8, 4) is 11.5 Å². The summed E-state index contributed by atoms with van der Waals surface area (Å²) in [7, 11) is 1.58. The lowest BCUT2D eigenvalue weighted by molar-refractivity contribution is -0.00000625. The van der Waals surface area contributed by atoms with E-state index in [-0.39, 0.29) is 24.8 Å². The van der Waals surface area contributed by atoms with Crippen LogP contribution in [0.3, 0.4) is 0 Å². The standard InChI is InChI=1S/C20H23ClFNO2.ClH/c1-24-19-11-14(12-23-16-7-3-4-8-16)10-17(21)20(19)25-13-15-6-2-5-9-18(15)22;/h2,5-6,9-11,16,23H,3-4,7-8,12-13H2,1H3;1H/p-1. The third-order valence-electron chi connectivity index (χ3n) is 4.57. The molecule has 0 aliphatic heterocycles. The molecular formula is C20H23Cl2FNO2-. The summed E-state index contributed by atoms with van der Waals surface area (Å²) >= 11 is 6.39. The monoisotopic (exact) mass is 398 g/mol. The third kappa shape index (κ3) is 5.26. The Morgan fingerprint density at radius 3 is 2.62 bits per heavy atom. The Balaban J connectivity index is 0.00000243. The molecule has 1 aliphatic carbocycles. The van der Waals surface area contributed by atoms with Gasteiger partial charge in [-0.2, -0.15) is 0 Å². The molecular weight excluding hydrogens is 376 g/mol. The number of benzene rings is 2. The average molecular weight is 399 g/mol. The van der Waals surface area contributed by atoms with E-state index >= 15 is 0 Å². The Labute approximate surface area is 165 Å². The normalized spacial score (nSPS) is 14.1. The molecule has 1 saturated carbocycles. The molecule has 3 rings (SSSR count). The van der Waals surface area contributed by atoms with Crippen molar-refractivity contribution in [1.29, 1.82) is 0 Å². The molecule has 0 unspecified atom stereocenters. The van der Waals surface area contributed by atoms with Crippen molar-refractivity contribution in [2.24, 2.45) is 0 Å². The summed E-state index contributed by atoms with van der Waals surface area (Å²) in [6, 6.07) is 10.9. The zero-order valence-corrected chi connectivity index (χ0v) is 16.2. The van der Waals surface area contributed by atoms with Gasteiger partial charge in [0.05, 0.1) is 12.1 Å². The lowest BCUT2D eigenvalue weighted by Gasteiger charge is -2.16. The molecule has 0 radical (unpaired) electrons. The molecule has 0 saturated heterocycles. The summed E-state index contributed by atoms with van der Waals surface area (Å²) in [6.45, 7) is 0.844. The van der Waals surface area contributed by atoms with Crippen LogP contribution in [0.4, 0.5) is 4.39 Å². The van der Waals surface area contributed by atoms with E-state index in [4.69, 9.17) is 21.1 Å². The topological polar surface area (TPSA) is 30.5 Å². The summed E-state index contributed by atoms with van der Waals surface area (Å²) < 4.78 is 24.9. The maximum atomic E-state index is 13.7. The van der Waals surface area contributed by atoms with Crippen LogP contribution in [0.1, 0.15) is 36.8 Å². The van der Waals surface area contributed by atoms with Gasteiger partial charge in [-0.1, -0.05) is 42.6 Å². The minimum Gasteiger partial charge on any atom is -1.00 e. The maximum Gasteiger partial charge on any atom is 0.180 e. The second kappa shape index (κ2) is 10.0. The van der Waals surface area contributed by atoms with Crippen molar-refractivity contribution < 1.29 is 26.3 Å². The smallest absolute Gasteiger partial charge is 0.180 e. The van der Waals surface area contributed by atoms with Gasteiger partial charge in [0.2, 0.25) is 0 Å². The van der Waals surface area contributed by atoms with Gasteiger partial charge in [-0.25, -0.2) is 4.39 Å². The first-order valence-electron chi connectivity index (χ1n) is 8.63. The largest absolute Gasteiger partial charge is 1.00 e. The molecule has 26 heavy (non-hydrogen) atoms. The van der Waals surface area contributed by atoms with E-state index < -0.39 is 0 Å². The minimum absolute atomic E-state index is 0. The van der Waals surface area contributed by atoms with Crippen LogP contribution >= 0.6 is 11.6 Å². The van der Waals surface area contributed by atoms with Crippen LogP contribution in [-0.4, -0.2) is 13.2 Å². The zero-order chi connectivity index (χ0) is 17.6. The van der Waals surface area contributed by atoms with Gasteiger partial charge < -0.3 is 27.2 Å². The van der Waals surface area contributed by atoms with Crippen molar-refractivity contribution in [2.45, 2.75) is 44.9 Å². The molecule has 0 amide bonds. The summed E-state index contributed by atoms with van der Waals surface area (Å²) in [5, 5.41) is 4.03. The van der Waals surface area contributed by atoms with Crippen molar-refractivity contribution in [3.63, 3.8) is 0 Å². The lowest BCUT2D eigenvalue weighted by atomic mass is 10.1. The molecule has 1 fully saturated rings. The Morgan fingerprint density at radius 1 is 1.19 bits per heavy atom. The molecule has 0 aromatic heterocycles. The van der Waals surface area contributed by atoms with Crippen molar-refractivity contribution in [1.82, 2.24) is 5.32 Å². The minimum atomic E-state index is -0.296. The molecule has 1 aliphatic rings. The molecule has 6 heteroatoms. The summed E-state index contributed by atoms with van der Waals surface area (Å²) in [5.41, 5.74) is 1.53. The zero-order valence-electron chi connectivity index (χ0n) is 14.7. The van der Waals surface area contributed by atoms with Crippen LogP contribution in [0.2, 0.25) is 5.02 Å². The van der Waals surface area contributed by atoms with E-state index in [1.165, 1.54) is 31.7 Å². The summed E-state index contributed by atoms with van der Waals surface area (Å²) in [4.78, 5) is 0. The van der Waals surface area contributed by atoms with Crippen LogP contribution < -0.4 is 27.2 Å². The van der Waals surface area contributed by atoms with E-state index in [1.54, 1.807) is 25.3 Å². The van der Waals surface area contributed by atoms with E-state index in [0.29, 0.717) is 28.1 Å². The van der Waals surface area contributed by atoms with Gasteiger partial charge in [-0.15, -0.1) is 0 Å². The highest BCUT2D eigenvalue weighted by Gasteiger charge is 2.16. The predicted octanol–water partition coefficient (Wildman–Crippen LogP) is 2.10. The highest BCUT2D eigenvalue weighted by molar-refractivity contribution is 6.32. The Hall–Kier alpha value is -1.49. The highest BCUT2D eigenvalue weighted by atomic mass is 35.5. The summed E-state index contributed by atoms with van der Waals surface area (Å²) in [6.07, 6.45) is 5.05. The second-order valence-corrected chi connectivity index (χ2v) is 6.76. The van der Waals surface area contributed by atoms with E-state index in [2.05, 4.69) is 5.32 Å². The quantitative estimate of drug-likeness (QED) is 0.774. The first kappa shape index (κ1) is 20.8. The molecule has 142 valence electrons. The van der Waals surface area contributed by atoms with Crippen molar-refractivity contribution >= 4 is 11.6 Å². The second-order valence-electron chi connectivity index (χ2n) is 6.35. The number of hydrogen-bond donors (Lipinski definition) is 1. The highest BCUT2D eigenvalue weighted by Crippen LogP contribution is 2.37. The number of methoxy groups -OCH3 is 1. The fourth-order valence-electron chi connectivity index (χ4n) is 3.17. The van der Waals surface area contributed by atoms with Gasteiger partial charge in [-0.3, -0.25) is 0 Å². The molecule has 0 heterocycles. The van der Waals surface area contributed by atoms with Crippen LogP contribution in [0.5, 0.6) is 11.5 Å². The maximum absolute atomic E-state index is 13.7. The number of ether oxygens (including phenoxy) is 2. The Morgan fingerprint density at radius 2 is 1.92 bits per heavy atom. The van der Waals surface area contributed by atoms with Gasteiger partial charge in [0.25, 0.3) is 0 Å². The van der Waals surface area contributed by atoms with Gasteiger partial charge in [0.1, 0.15) is 12.4 Å². The Kier molecular flexibility index (Phi) is 8.01. The van der Waals surface area contributed by atoms with E-state index in [9.17, 15) is 4.39 Å². The molecule has 0 spiro atoms. The Bertz CT molecular complexity index is 721. The number of hydrogen-bond acceptors (Lipinski definition) is 3. The van der Waals surface area contributed by atoms with Gasteiger partial charge >= 0.3 is 0 Å². The van der Waals surface area contributed by atoms with E-state index in [1.807, 2.05) is 12.1 Å². The number of rotatable bonds is 7. The van der Waals surface area contributed by atoms with Crippen LogP contribution in [0.25, 0.3) is 0 Å². The summed E-state index contributed by atoms with van der Waals surface area (Å²) in [5.74, 6) is 0.707. The van der Waals surface area contributed by atoms with E-state index in [0.717, 1.165) is 12.1 Å². The number of nitrogens with one attached hydrogen (secondary N) is 1. The first-order valence-corrected chi connectivity index (χ1v) is 9.01. The van der Waals surface area contributed by atoms with Crippen molar-refractivity contribution in [2.75, 3.05) is 7.11 Å². The molecule has 1 N–H and O–H groups in total. The molecule has 2 aromatic carbocycles. The number of halogens is 3. The van der Waals surface area contributed by atoms with Crippen LogP contribution in [0, 0.1) is 5.82 Å². The lowest BCUT2D eigenvalue weighted by Crippen LogP contribution is -3.00. The van der Waals surface area contributed by atoms with Crippen LogP contribution in [-0.2, 0) is 13.2 Å².